The quantitative estimate of drug-likeness (QED) is 0.422. The first-order valence-corrected chi connectivity index (χ1v) is 12.2. The lowest BCUT2D eigenvalue weighted by atomic mass is 10.1. The summed E-state index contributed by atoms with van der Waals surface area (Å²) in [5.41, 5.74) is 0.319. The van der Waals surface area contributed by atoms with Gasteiger partial charge in [0.15, 0.2) is 0 Å². The van der Waals surface area contributed by atoms with Gasteiger partial charge in [-0.15, -0.1) is 0 Å². The molecule has 1 aliphatic carbocycles. The summed E-state index contributed by atoms with van der Waals surface area (Å²) in [5, 5.41) is 3.61. The summed E-state index contributed by atoms with van der Waals surface area (Å²) >= 11 is 12.1. The maximum Gasteiger partial charge on any atom is 0.261 e. The number of rotatable bonds is 8. The minimum Gasteiger partial charge on any atom is -0.456 e. The Kier molecular flexibility index (Phi) is 6.60. The molecule has 1 saturated carbocycles. The van der Waals surface area contributed by atoms with Gasteiger partial charge >= 0.3 is 0 Å². The topological polar surface area (TPSA) is 84.5 Å². The first-order chi connectivity index (χ1) is 15.3. The van der Waals surface area contributed by atoms with Crippen LogP contribution >= 0.6 is 23.2 Å². The molecule has 0 spiro atoms. The van der Waals surface area contributed by atoms with Crippen molar-refractivity contribution in [3.05, 3.63) is 82.3 Å². The molecule has 0 unspecified atom stereocenters. The smallest absolute Gasteiger partial charge is 0.261 e. The lowest BCUT2D eigenvalue weighted by molar-refractivity contribution is 0.0952. The molecule has 3 aromatic carbocycles. The highest BCUT2D eigenvalue weighted by molar-refractivity contribution is 7.92. The molecule has 1 amide bonds. The highest BCUT2D eigenvalue weighted by Gasteiger charge is 2.24. The summed E-state index contributed by atoms with van der Waals surface area (Å²) in [6, 6.07) is 17.3. The van der Waals surface area contributed by atoms with E-state index in [9.17, 15) is 13.2 Å². The van der Waals surface area contributed by atoms with Crippen LogP contribution in [0.2, 0.25) is 10.0 Å². The Labute approximate surface area is 196 Å². The molecular weight excluding hydrogens is 471 g/mol. The molecule has 0 heterocycles. The molecule has 0 saturated heterocycles. The third kappa shape index (κ3) is 5.54. The van der Waals surface area contributed by atoms with E-state index >= 15 is 0 Å². The summed E-state index contributed by atoms with van der Waals surface area (Å²) in [7, 11) is -3.95. The van der Waals surface area contributed by atoms with Crippen molar-refractivity contribution in [1.29, 1.82) is 0 Å². The summed E-state index contributed by atoms with van der Waals surface area (Å²) in [5.74, 6) is 1.01. The predicted molar refractivity (Wildman–Crippen MR) is 125 cm³/mol. The van der Waals surface area contributed by atoms with Gasteiger partial charge in [-0.3, -0.25) is 9.52 Å². The predicted octanol–water partition coefficient (Wildman–Crippen LogP) is 5.73. The molecule has 1 aliphatic rings. The van der Waals surface area contributed by atoms with E-state index in [1.165, 1.54) is 42.5 Å². The second-order valence-corrected chi connectivity index (χ2v) is 9.98. The number of amides is 1. The fourth-order valence-corrected chi connectivity index (χ4v) is 4.42. The van der Waals surface area contributed by atoms with E-state index < -0.39 is 10.0 Å². The van der Waals surface area contributed by atoms with E-state index in [0.29, 0.717) is 34.0 Å². The molecule has 1 fully saturated rings. The molecule has 4 rings (SSSR count). The van der Waals surface area contributed by atoms with Crippen LogP contribution in [0, 0.1) is 5.92 Å². The number of nitrogens with one attached hydrogen (secondary N) is 2. The van der Waals surface area contributed by atoms with Gasteiger partial charge in [-0.2, -0.15) is 0 Å². The van der Waals surface area contributed by atoms with Crippen molar-refractivity contribution in [2.24, 2.45) is 5.92 Å². The number of ether oxygens (including phenoxy) is 1. The third-order valence-electron chi connectivity index (χ3n) is 4.92. The number of halogens is 2. The van der Waals surface area contributed by atoms with Crippen molar-refractivity contribution in [3.63, 3.8) is 0 Å². The molecule has 32 heavy (non-hydrogen) atoms. The van der Waals surface area contributed by atoms with Gasteiger partial charge in [0.1, 0.15) is 11.5 Å². The molecule has 0 aliphatic heterocycles. The molecule has 6 nitrogen and oxygen atoms in total. The van der Waals surface area contributed by atoms with Gasteiger partial charge in [0.25, 0.3) is 15.9 Å². The first-order valence-electron chi connectivity index (χ1n) is 9.95. The van der Waals surface area contributed by atoms with Crippen LogP contribution in [0.15, 0.2) is 71.6 Å². The summed E-state index contributed by atoms with van der Waals surface area (Å²) in [4.78, 5) is 12.6. The number of para-hydroxylation sites is 1. The van der Waals surface area contributed by atoms with E-state index in [4.69, 9.17) is 27.9 Å². The molecular formula is C23H20Cl2N2O4S. The Morgan fingerprint density at radius 2 is 1.72 bits per heavy atom. The lowest BCUT2D eigenvalue weighted by Gasteiger charge is -2.14. The fraction of sp³-hybridized carbons (Fsp3) is 0.174. The van der Waals surface area contributed by atoms with Crippen LogP contribution in [-0.2, 0) is 10.0 Å². The van der Waals surface area contributed by atoms with Crippen molar-refractivity contribution in [3.8, 4) is 11.5 Å². The molecule has 0 radical (unpaired) electrons. The van der Waals surface area contributed by atoms with Crippen LogP contribution in [0.3, 0.4) is 0 Å². The van der Waals surface area contributed by atoms with E-state index in [1.807, 2.05) is 0 Å². The van der Waals surface area contributed by atoms with E-state index in [-0.39, 0.29) is 22.1 Å². The zero-order chi connectivity index (χ0) is 22.7. The van der Waals surface area contributed by atoms with Gasteiger partial charge in [-0.05, 0) is 73.4 Å². The summed E-state index contributed by atoms with van der Waals surface area (Å²) < 4.78 is 34.0. The largest absolute Gasteiger partial charge is 0.456 e. The molecule has 3 aromatic rings. The monoisotopic (exact) mass is 490 g/mol. The normalized spacial score (nSPS) is 13.4. The average molecular weight is 491 g/mol. The molecule has 166 valence electrons. The number of anilines is 1. The van der Waals surface area contributed by atoms with E-state index in [1.54, 1.807) is 24.3 Å². The molecule has 0 atom stereocenters. The molecule has 9 heteroatoms. The van der Waals surface area contributed by atoms with Gasteiger partial charge in [0.05, 0.1) is 21.2 Å². The second kappa shape index (κ2) is 9.40. The molecule has 2 N–H and O–H groups in total. The second-order valence-electron chi connectivity index (χ2n) is 7.45. The van der Waals surface area contributed by atoms with Gasteiger partial charge in [-0.25, -0.2) is 8.42 Å². The Morgan fingerprint density at radius 3 is 2.41 bits per heavy atom. The van der Waals surface area contributed by atoms with E-state index in [0.717, 1.165) is 12.8 Å². The third-order valence-corrected chi connectivity index (χ3v) is 6.85. The number of benzene rings is 3. The fourth-order valence-electron chi connectivity index (χ4n) is 2.99. The van der Waals surface area contributed by atoms with Gasteiger partial charge < -0.3 is 10.1 Å². The minimum atomic E-state index is -3.95. The number of hydrogen-bond acceptors (Lipinski definition) is 4. The van der Waals surface area contributed by atoms with Crippen molar-refractivity contribution < 1.29 is 17.9 Å². The first kappa shape index (κ1) is 22.5. The highest BCUT2D eigenvalue weighted by Crippen LogP contribution is 2.31. The molecule has 0 bridgehead atoms. The van der Waals surface area contributed by atoms with Crippen molar-refractivity contribution in [2.75, 3.05) is 11.3 Å². The highest BCUT2D eigenvalue weighted by atomic mass is 35.5. The number of carbonyl (C=O) groups excluding carboxylic acids is 1. The van der Waals surface area contributed by atoms with Crippen molar-refractivity contribution in [2.45, 2.75) is 17.7 Å². The zero-order valence-corrected chi connectivity index (χ0v) is 19.2. The average Bonchev–Trinajstić information content (AvgIpc) is 3.60. The van der Waals surface area contributed by atoms with Gasteiger partial charge in [-0.1, -0.05) is 35.3 Å². The number of sulfonamides is 1. The van der Waals surface area contributed by atoms with Crippen LogP contribution in [0.4, 0.5) is 5.69 Å². The molecule has 0 aromatic heterocycles. The Balaban J connectivity index is 1.51. The number of carbonyl (C=O) groups is 1. The van der Waals surface area contributed by atoms with Crippen molar-refractivity contribution in [1.82, 2.24) is 5.32 Å². The standard InChI is InChI=1S/C23H20Cl2N2O4S/c24-16-7-12-21(19(13-16)23(28)26-14-15-5-6-15)27-32(29,30)18-10-8-17(9-11-18)31-22-4-2-1-3-20(22)25/h1-4,7-13,15,27H,5-6,14H2,(H,26,28). The maximum atomic E-state index is 12.9. The Bertz CT molecular complexity index is 1240. The Hall–Kier alpha value is -2.74. The lowest BCUT2D eigenvalue weighted by Crippen LogP contribution is -2.27. The van der Waals surface area contributed by atoms with Crippen molar-refractivity contribution >= 4 is 44.8 Å². The maximum absolute atomic E-state index is 12.9. The van der Waals surface area contributed by atoms with Crippen LogP contribution in [-0.4, -0.2) is 20.9 Å². The Morgan fingerprint density at radius 1 is 1.00 bits per heavy atom. The van der Waals surface area contributed by atoms with E-state index in [2.05, 4.69) is 10.0 Å². The minimum absolute atomic E-state index is 0.0169. The van der Waals surface area contributed by atoms with Crippen LogP contribution < -0.4 is 14.8 Å². The summed E-state index contributed by atoms with van der Waals surface area (Å²) in [6.45, 7) is 0.560. The van der Waals surface area contributed by atoms with Gasteiger partial charge in [0.2, 0.25) is 0 Å². The zero-order valence-electron chi connectivity index (χ0n) is 16.8. The number of hydrogen-bond donors (Lipinski definition) is 2. The van der Waals surface area contributed by atoms with Crippen LogP contribution in [0.5, 0.6) is 11.5 Å². The summed E-state index contributed by atoms with van der Waals surface area (Å²) in [6.07, 6.45) is 2.18. The van der Waals surface area contributed by atoms with Crippen LogP contribution in [0.25, 0.3) is 0 Å². The van der Waals surface area contributed by atoms with Gasteiger partial charge in [0, 0.05) is 11.6 Å². The van der Waals surface area contributed by atoms with Crippen LogP contribution in [0.1, 0.15) is 23.2 Å². The SMILES string of the molecule is O=C(NCC1CC1)c1cc(Cl)ccc1NS(=O)(=O)c1ccc(Oc2ccccc2Cl)cc1.